The second-order valence-corrected chi connectivity index (χ2v) is 5.15. The molecule has 0 spiro atoms. The van der Waals surface area contributed by atoms with Gasteiger partial charge in [0.25, 0.3) is 0 Å². The standard InChI is InChI=1S/C15H16N8O/c1-8(24)19-9-3-5-10(6-4-9)23(2)11-7-18-14-12(20-11)13(16)21-15(17)22-14/h3-7H,1-2H3,(H,19,24)(H4,16,17,18,21,22). The summed E-state index contributed by atoms with van der Waals surface area (Å²) in [7, 11) is 1.84. The summed E-state index contributed by atoms with van der Waals surface area (Å²) in [4.78, 5) is 29.5. The molecule has 0 fully saturated rings. The van der Waals surface area contributed by atoms with E-state index in [0.717, 1.165) is 11.4 Å². The second-order valence-electron chi connectivity index (χ2n) is 5.15. The molecule has 2 aromatic heterocycles. The highest BCUT2D eigenvalue weighted by atomic mass is 16.1. The summed E-state index contributed by atoms with van der Waals surface area (Å²) in [5.74, 6) is 0.700. The van der Waals surface area contributed by atoms with Crippen LogP contribution in [0.1, 0.15) is 6.92 Å². The summed E-state index contributed by atoms with van der Waals surface area (Å²) in [6.07, 6.45) is 1.58. The first-order valence-electron chi connectivity index (χ1n) is 7.11. The highest BCUT2D eigenvalue weighted by molar-refractivity contribution is 5.89. The summed E-state index contributed by atoms with van der Waals surface area (Å²) >= 11 is 0. The maximum atomic E-state index is 11.1. The summed E-state index contributed by atoms with van der Waals surface area (Å²) in [6.45, 7) is 1.46. The summed E-state index contributed by atoms with van der Waals surface area (Å²) in [5.41, 5.74) is 13.7. The van der Waals surface area contributed by atoms with Gasteiger partial charge in [0.05, 0.1) is 6.20 Å². The van der Waals surface area contributed by atoms with Crippen LogP contribution in [0.5, 0.6) is 0 Å². The molecule has 2 heterocycles. The van der Waals surface area contributed by atoms with Gasteiger partial charge in [-0.15, -0.1) is 0 Å². The fraction of sp³-hybridized carbons (Fsp3) is 0.133. The maximum Gasteiger partial charge on any atom is 0.224 e. The maximum absolute atomic E-state index is 11.1. The number of benzene rings is 1. The van der Waals surface area contributed by atoms with Gasteiger partial charge in [0, 0.05) is 25.3 Å². The minimum Gasteiger partial charge on any atom is -0.382 e. The zero-order chi connectivity index (χ0) is 17.3. The van der Waals surface area contributed by atoms with Gasteiger partial charge in [-0.25, -0.2) is 9.97 Å². The Kier molecular flexibility index (Phi) is 3.82. The van der Waals surface area contributed by atoms with Crippen LogP contribution in [0.25, 0.3) is 11.2 Å². The Morgan fingerprint density at radius 2 is 1.83 bits per heavy atom. The monoisotopic (exact) mass is 324 g/mol. The molecule has 3 rings (SSSR count). The topological polar surface area (TPSA) is 136 Å². The van der Waals surface area contributed by atoms with Gasteiger partial charge >= 0.3 is 0 Å². The summed E-state index contributed by atoms with van der Waals surface area (Å²) in [5, 5.41) is 2.72. The molecule has 1 aromatic carbocycles. The van der Waals surface area contributed by atoms with E-state index in [9.17, 15) is 4.79 Å². The lowest BCUT2D eigenvalue weighted by Gasteiger charge is -2.18. The number of anilines is 5. The smallest absolute Gasteiger partial charge is 0.224 e. The largest absolute Gasteiger partial charge is 0.382 e. The van der Waals surface area contributed by atoms with Gasteiger partial charge in [0.1, 0.15) is 0 Å². The molecule has 24 heavy (non-hydrogen) atoms. The Morgan fingerprint density at radius 1 is 1.12 bits per heavy atom. The fourth-order valence-electron chi connectivity index (χ4n) is 2.20. The molecule has 0 radical (unpaired) electrons. The molecule has 0 saturated heterocycles. The lowest BCUT2D eigenvalue weighted by atomic mass is 10.2. The average Bonchev–Trinajstić information content (AvgIpc) is 2.54. The van der Waals surface area contributed by atoms with Crippen molar-refractivity contribution in [2.45, 2.75) is 6.92 Å². The van der Waals surface area contributed by atoms with Crippen molar-refractivity contribution < 1.29 is 4.79 Å². The third kappa shape index (κ3) is 3.00. The Bertz CT molecular complexity index is 909. The van der Waals surface area contributed by atoms with Crippen molar-refractivity contribution in [1.82, 2.24) is 19.9 Å². The van der Waals surface area contributed by atoms with Crippen molar-refractivity contribution in [3.05, 3.63) is 30.5 Å². The van der Waals surface area contributed by atoms with Crippen LogP contribution in [0.3, 0.4) is 0 Å². The van der Waals surface area contributed by atoms with Gasteiger partial charge in [-0.3, -0.25) is 4.79 Å². The first-order valence-corrected chi connectivity index (χ1v) is 7.11. The first-order chi connectivity index (χ1) is 11.4. The zero-order valence-electron chi connectivity index (χ0n) is 13.2. The molecule has 1 amide bonds. The third-order valence-electron chi connectivity index (χ3n) is 3.36. The molecule has 0 aliphatic carbocycles. The quantitative estimate of drug-likeness (QED) is 0.656. The van der Waals surface area contributed by atoms with E-state index in [0.29, 0.717) is 17.0 Å². The van der Waals surface area contributed by atoms with Crippen molar-refractivity contribution in [1.29, 1.82) is 0 Å². The molecule has 0 unspecified atom stereocenters. The highest BCUT2D eigenvalue weighted by Crippen LogP contribution is 2.25. The molecular formula is C15H16N8O. The molecule has 0 saturated carbocycles. The fourth-order valence-corrected chi connectivity index (χ4v) is 2.20. The van der Waals surface area contributed by atoms with Crippen molar-refractivity contribution >= 4 is 46.0 Å². The van der Waals surface area contributed by atoms with Crippen molar-refractivity contribution in [3.8, 4) is 0 Å². The normalized spacial score (nSPS) is 10.6. The van der Waals surface area contributed by atoms with E-state index in [2.05, 4.69) is 25.3 Å². The van der Waals surface area contributed by atoms with Gasteiger partial charge in [0.15, 0.2) is 22.8 Å². The molecule has 5 N–H and O–H groups in total. The Labute approximate surface area is 137 Å². The number of fused-ring (bicyclic) bond motifs is 1. The van der Waals surface area contributed by atoms with Crippen LogP contribution in [-0.2, 0) is 4.79 Å². The number of nitrogens with one attached hydrogen (secondary N) is 1. The van der Waals surface area contributed by atoms with Crippen LogP contribution >= 0.6 is 0 Å². The van der Waals surface area contributed by atoms with Crippen LogP contribution in [0.15, 0.2) is 30.5 Å². The number of nitrogens with zero attached hydrogens (tertiary/aromatic N) is 5. The molecular weight excluding hydrogens is 308 g/mol. The third-order valence-corrected chi connectivity index (χ3v) is 3.36. The van der Waals surface area contributed by atoms with E-state index in [1.165, 1.54) is 6.92 Å². The van der Waals surface area contributed by atoms with Crippen LogP contribution in [-0.4, -0.2) is 32.9 Å². The van der Waals surface area contributed by atoms with Gasteiger partial charge in [0.2, 0.25) is 11.9 Å². The lowest BCUT2D eigenvalue weighted by molar-refractivity contribution is -0.114. The Hall–Kier alpha value is -3.49. The van der Waals surface area contributed by atoms with Crippen molar-refractivity contribution in [3.63, 3.8) is 0 Å². The van der Waals surface area contributed by atoms with E-state index in [4.69, 9.17) is 11.5 Å². The van der Waals surface area contributed by atoms with E-state index < -0.39 is 0 Å². The summed E-state index contributed by atoms with van der Waals surface area (Å²) < 4.78 is 0. The highest BCUT2D eigenvalue weighted by Gasteiger charge is 2.11. The van der Waals surface area contributed by atoms with E-state index in [-0.39, 0.29) is 17.7 Å². The molecule has 0 aliphatic heterocycles. The van der Waals surface area contributed by atoms with Crippen LogP contribution in [0.2, 0.25) is 0 Å². The van der Waals surface area contributed by atoms with Gasteiger partial charge in [-0.2, -0.15) is 9.97 Å². The second kappa shape index (κ2) is 5.95. The number of hydrogen-bond acceptors (Lipinski definition) is 8. The zero-order valence-corrected chi connectivity index (χ0v) is 13.2. The molecule has 9 heteroatoms. The Morgan fingerprint density at radius 3 is 2.50 bits per heavy atom. The number of carbonyl (C=O) groups is 1. The Balaban J connectivity index is 1.93. The SMILES string of the molecule is CC(=O)Nc1ccc(N(C)c2cnc3nc(N)nc(N)c3n2)cc1. The van der Waals surface area contributed by atoms with E-state index in [1.807, 2.05) is 24.1 Å². The first kappa shape index (κ1) is 15.4. The predicted octanol–water partition coefficient (Wildman–Crippen LogP) is 1.31. The molecule has 122 valence electrons. The number of carbonyl (C=O) groups excluding carboxylic acids is 1. The summed E-state index contributed by atoms with van der Waals surface area (Å²) in [6, 6.07) is 7.33. The van der Waals surface area contributed by atoms with Crippen LogP contribution < -0.4 is 21.7 Å². The number of aromatic nitrogens is 4. The minimum atomic E-state index is -0.119. The molecule has 0 atom stereocenters. The van der Waals surface area contributed by atoms with Gasteiger partial charge < -0.3 is 21.7 Å². The number of nitrogens with two attached hydrogens (primary N) is 2. The molecule has 0 aliphatic rings. The van der Waals surface area contributed by atoms with Gasteiger partial charge in [-0.1, -0.05) is 0 Å². The van der Waals surface area contributed by atoms with E-state index >= 15 is 0 Å². The number of amides is 1. The number of rotatable bonds is 3. The molecule has 0 bridgehead atoms. The molecule has 3 aromatic rings. The average molecular weight is 324 g/mol. The minimum absolute atomic E-state index is 0.0592. The van der Waals surface area contributed by atoms with Crippen molar-refractivity contribution in [2.24, 2.45) is 0 Å². The predicted molar refractivity (Wildman–Crippen MR) is 92.8 cm³/mol. The van der Waals surface area contributed by atoms with E-state index in [1.54, 1.807) is 18.3 Å². The van der Waals surface area contributed by atoms with Gasteiger partial charge in [-0.05, 0) is 24.3 Å². The lowest BCUT2D eigenvalue weighted by Crippen LogP contribution is -2.13. The van der Waals surface area contributed by atoms with Crippen LogP contribution in [0, 0.1) is 0 Å². The molecule has 9 nitrogen and oxygen atoms in total. The number of hydrogen-bond donors (Lipinski definition) is 3. The van der Waals surface area contributed by atoms with Crippen molar-refractivity contribution in [2.75, 3.05) is 28.7 Å². The van der Waals surface area contributed by atoms with Crippen LogP contribution in [0.4, 0.5) is 29.0 Å². The number of nitrogen functional groups attached to an aromatic ring is 2.